The van der Waals surface area contributed by atoms with Crippen LogP contribution in [-0.2, 0) is 6.61 Å². The molecule has 1 heterocycles. The first-order chi connectivity index (χ1) is 19.0. The molecule has 0 aliphatic heterocycles. The molecule has 1 saturated carbocycles. The molecule has 5 rings (SSSR count). The second kappa shape index (κ2) is 12.0. The van der Waals surface area contributed by atoms with Crippen LogP contribution in [-0.4, -0.2) is 23.0 Å². The Kier molecular flexibility index (Phi) is 8.30. The van der Waals surface area contributed by atoms with Crippen molar-refractivity contribution in [3.63, 3.8) is 0 Å². The van der Waals surface area contributed by atoms with E-state index < -0.39 is 0 Å². The molecular weight excluding hydrogens is 580 g/mol. The third kappa shape index (κ3) is 5.85. The zero-order chi connectivity index (χ0) is 27.4. The number of nitrogens with zero attached hydrogens (tertiary/aromatic N) is 4. The molecule has 39 heavy (non-hydrogen) atoms. The van der Waals surface area contributed by atoms with Gasteiger partial charge in [0.15, 0.2) is 11.5 Å². The minimum absolute atomic E-state index is 0.140. The Morgan fingerprint density at radius 3 is 2.74 bits per heavy atom. The van der Waals surface area contributed by atoms with Gasteiger partial charge in [-0.25, -0.2) is 4.98 Å². The Labute approximate surface area is 239 Å². The maximum Gasteiger partial charge on any atom is 0.282 e. The summed E-state index contributed by atoms with van der Waals surface area (Å²) in [7, 11) is 1.53. The Hall–Kier alpha value is -3.67. The fraction of sp³-hybridized carbons (Fsp3) is 0.267. The Bertz CT molecular complexity index is 1660. The normalized spacial score (nSPS) is 14.0. The lowest BCUT2D eigenvalue weighted by atomic mass is 9.88. The number of methoxy groups -OCH3 is 1. The van der Waals surface area contributed by atoms with E-state index in [1.54, 1.807) is 36.5 Å². The predicted octanol–water partition coefficient (Wildman–Crippen LogP) is 7.20. The van der Waals surface area contributed by atoms with Crippen LogP contribution in [0.1, 0.15) is 60.5 Å². The van der Waals surface area contributed by atoms with E-state index in [0.29, 0.717) is 44.4 Å². The second-order valence-electron chi connectivity index (χ2n) is 9.41. The molecule has 0 bridgehead atoms. The van der Waals surface area contributed by atoms with E-state index in [1.807, 2.05) is 24.3 Å². The highest BCUT2D eigenvalue weighted by atomic mass is 79.9. The lowest BCUT2D eigenvalue weighted by molar-refractivity contribution is 0.284. The zero-order valence-electron chi connectivity index (χ0n) is 21.4. The summed E-state index contributed by atoms with van der Waals surface area (Å²) < 4.78 is 13.9. The second-order valence-corrected chi connectivity index (χ2v) is 10.8. The summed E-state index contributed by atoms with van der Waals surface area (Å²) >= 11 is 9.86. The van der Waals surface area contributed by atoms with Crippen molar-refractivity contribution < 1.29 is 9.47 Å². The number of nitriles is 1. The van der Waals surface area contributed by atoms with Crippen LogP contribution in [0.15, 0.2) is 69.0 Å². The minimum Gasteiger partial charge on any atom is -0.493 e. The first-order valence-electron chi connectivity index (χ1n) is 12.7. The highest BCUT2D eigenvalue weighted by Crippen LogP contribution is 2.35. The number of halogens is 2. The van der Waals surface area contributed by atoms with Gasteiger partial charge in [-0.05, 0) is 43.2 Å². The number of benzene rings is 3. The highest BCUT2D eigenvalue weighted by molar-refractivity contribution is 9.10. The zero-order valence-corrected chi connectivity index (χ0v) is 23.7. The average molecular weight is 606 g/mol. The van der Waals surface area contributed by atoms with E-state index in [-0.39, 0.29) is 18.1 Å². The van der Waals surface area contributed by atoms with Crippen LogP contribution < -0.4 is 15.0 Å². The van der Waals surface area contributed by atoms with Crippen LogP contribution in [0.4, 0.5) is 0 Å². The SMILES string of the molecule is COc1cc(Cl)cc(C=Nn2c(C3CCCCC3)nc3ccc(Br)cc3c2=O)c1OCc1ccccc1C#N. The number of hydrogen-bond donors (Lipinski definition) is 0. The lowest BCUT2D eigenvalue weighted by Gasteiger charge is -2.23. The molecule has 0 radical (unpaired) electrons. The molecule has 1 aromatic heterocycles. The van der Waals surface area contributed by atoms with Crippen molar-refractivity contribution in [2.45, 2.75) is 44.6 Å². The van der Waals surface area contributed by atoms with Crippen LogP contribution in [0.25, 0.3) is 10.9 Å². The molecule has 3 aromatic carbocycles. The molecule has 9 heteroatoms. The molecular formula is C30H26BrClN4O3. The molecule has 4 aromatic rings. The Morgan fingerprint density at radius 2 is 1.97 bits per heavy atom. The molecule has 1 aliphatic rings. The summed E-state index contributed by atoms with van der Waals surface area (Å²) in [5, 5.41) is 15.0. The van der Waals surface area contributed by atoms with Gasteiger partial charge in [-0.1, -0.05) is 65.0 Å². The van der Waals surface area contributed by atoms with Crippen molar-refractivity contribution in [2.24, 2.45) is 5.10 Å². The third-order valence-corrected chi connectivity index (χ3v) is 7.61. The molecule has 0 amide bonds. The first-order valence-corrected chi connectivity index (χ1v) is 13.9. The van der Waals surface area contributed by atoms with Crippen LogP contribution in [0.3, 0.4) is 0 Å². The van der Waals surface area contributed by atoms with Crippen molar-refractivity contribution in [3.8, 4) is 17.6 Å². The van der Waals surface area contributed by atoms with E-state index in [9.17, 15) is 10.1 Å². The summed E-state index contributed by atoms with van der Waals surface area (Å²) in [5.41, 5.74) is 2.21. The number of rotatable bonds is 7. The van der Waals surface area contributed by atoms with Gasteiger partial charge in [0, 0.05) is 32.6 Å². The van der Waals surface area contributed by atoms with Crippen molar-refractivity contribution in [1.29, 1.82) is 5.26 Å². The van der Waals surface area contributed by atoms with Gasteiger partial charge in [0.1, 0.15) is 12.4 Å². The maximum absolute atomic E-state index is 13.7. The Balaban J connectivity index is 1.59. The van der Waals surface area contributed by atoms with Gasteiger partial charge in [-0.2, -0.15) is 15.0 Å². The monoisotopic (exact) mass is 604 g/mol. The summed E-state index contributed by atoms with van der Waals surface area (Å²) in [4.78, 5) is 18.6. The van der Waals surface area contributed by atoms with E-state index in [1.165, 1.54) is 18.2 Å². The molecule has 198 valence electrons. The quantitative estimate of drug-likeness (QED) is 0.208. The van der Waals surface area contributed by atoms with Crippen LogP contribution in [0, 0.1) is 11.3 Å². The number of fused-ring (bicyclic) bond motifs is 1. The van der Waals surface area contributed by atoms with Gasteiger partial charge in [-0.3, -0.25) is 4.79 Å². The summed E-state index contributed by atoms with van der Waals surface area (Å²) in [6.45, 7) is 0.140. The van der Waals surface area contributed by atoms with E-state index in [4.69, 9.17) is 26.1 Å². The summed E-state index contributed by atoms with van der Waals surface area (Å²) in [6.07, 6.45) is 6.84. The highest BCUT2D eigenvalue weighted by Gasteiger charge is 2.23. The van der Waals surface area contributed by atoms with Gasteiger partial charge < -0.3 is 9.47 Å². The standard InChI is InChI=1S/C30H26BrClN4O3/c1-38-27-15-24(32)13-22(28(27)39-18-21-10-6-5-9-20(21)16-33)17-34-36-29(19-7-3-2-4-8-19)35-26-12-11-23(31)14-25(26)30(36)37/h5-6,9-15,17,19H,2-4,7-8,18H2,1H3. The molecule has 0 atom stereocenters. The van der Waals surface area contributed by atoms with Crippen LogP contribution >= 0.6 is 27.5 Å². The number of ether oxygens (including phenoxy) is 2. The van der Waals surface area contributed by atoms with Gasteiger partial charge in [-0.15, -0.1) is 0 Å². The van der Waals surface area contributed by atoms with Gasteiger partial charge in [0.25, 0.3) is 5.56 Å². The van der Waals surface area contributed by atoms with E-state index in [2.05, 4.69) is 27.1 Å². The van der Waals surface area contributed by atoms with Crippen molar-refractivity contribution >= 4 is 44.6 Å². The smallest absolute Gasteiger partial charge is 0.282 e. The largest absolute Gasteiger partial charge is 0.493 e. The first kappa shape index (κ1) is 26.9. The average Bonchev–Trinajstić information content (AvgIpc) is 2.96. The number of hydrogen-bond acceptors (Lipinski definition) is 6. The molecule has 0 spiro atoms. The summed E-state index contributed by atoms with van der Waals surface area (Å²) in [5.74, 6) is 1.62. The minimum atomic E-state index is -0.238. The third-order valence-electron chi connectivity index (χ3n) is 6.89. The fourth-order valence-corrected chi connectivity index (χ4v) is 5.50. The molecule has 0 saturated heterocycles. The van der Waals surface area contributed by atoms with Gasteiger partial charge in [0.2, 0.25) is 0 Å². The number of aromatic nitrogens is 2. The van der Waals surface area contributed by atoms with Gasteiger partial charge >= 0.3 is 0 Å². The molecule has 0 N–H and O–H groups in total. The van der Waals surface area contributed by atoms with Crippen molar-refractivity contribution in [3.05, 3.63) is 97.0 Å². The Morgan fingerprint density at radius 1 is 1.18 bits per heavy atom. The summed E-state index contributed by atoms with van der Waals surface area (Å²) in [6, 6.07) is 18.3. The molecule has 0 unspecified atom stereocenters. The van der Waals surface area contributed by atoms with Crippen LogP contribution in [0.2, 0.25) is 5.02 Å². The van der Waals surface area contributed by atoms with Crippen molar-refractivity contribution in [2.75, 3.05) is 7.11 Å². The molecule has 1 fully saturated rings. The predicted molar refractivity (Wildman–Crippen MR) is 156 cm³/mol. The molecule has 7 nitrogen and oxygen atoms in total. The molecule has 1 aliphatic carbocycles. The van der Waals surface area contributed by atoms with Gasteiger partial charge in [0.05, 0.1) is 35.9 Å². The van der Waals surface area contributed by atoms with Crippen LogP contribution in [0.5, 0.6) is 11.5 Å². The van der Waals surface area contributed by atoms with E-state index in [0.717, 1.165) is 35.7 Å². The topological polar surface area (TPSA) is 89.5 Å². The van der Waals surface area contributed by atoms with Crippen molar-refractivity contribution in [1.82, 2.24) is 9.66 Å². The fourth-order valence-electron chi connectivity index (χ4n) is 4.92. The lowest BCUT2D eigenvalue weighted by Crippen LogP contribution is -2.25. The maximum atomic E-state index is 13.7. The van der Waals surface area contributed by atoms with E-state index >= 15 is 0 Å².